The number of carbonyl (C=O) groups excluding carboxylic acids is 1. The number of fused-ring (bicyclic) bond motifs is 1. The second-order valence-corrected chi connectivity index (χ2v) is 7.67. The lowest BCUT2D eigenvalue weighted by Gasteiger charge is -2.23. The Morgan fingerprint density at radius 3 is 2.66 bits per heavy atom. The van der Waals surface area contributed by atoms with Gasteiger partial charge in [-0.25, -0.2) is 4.68 Å². The van der Waals surface area contributed by atoms with Gasteiger partial charge in [0.1, 0.15) is 23.1 Å². The Balaban J connectivity index is 1.62. The van der Waals surface area contributed by atoms with Gasteiger partial charge in [0.15, 0.2) is 6.10 Å². The first-order valence-electron chi connectivity index (χ1n) is 9.40. The Morgan fingerprint density at radius 2 is 2.06 bits per heavy atom. The summed E-state index contributed by atoms with van der Waals surface area (Å²) in [5.74, 6) is -0.990. The highest BCUT2D eigenvalue weighted by Crippen LogP contribution is 2.35. The van der Waals surface area contributed by atoms with Gasteiger partial charge < -0.3 is 9.64 Å². The molecule has 4 rings (SSSR count). The molecule has 0 aliphatic carbocycles. The van der Waals surface area contributed by atoms with Crippen LogP contribution < -0.4 is 4.74 Å². The number of benzene rings is 1. The molecule has 32 heavy (non-hydrogen) atoms. The van der Waals surface area contributed by atoms with Crippen LogP contribution >= 0.6 is 11.6 Å². The van der Waals surface area contributed by atoms with Crippen molar-refractivity contribution in [3.63, 3.8) is 0 Å². The van der Waals surface area contributed by atoms with E-state index in [0.29, 0.717) is 5.69 Å². The van der Waals surface area contributed by atoms with Gasteiger partial charge in [-0.05, 0) is 19.1 Å². The molecule has 0 saturated heterocycles. The van der Waals surface area contributed by atoms with Gasteiger partial charge >= 0.3 is 6.18 Å². The molecule has 1 amide bonds. The fraction of sp³-hybridized carbons (Fsp3) is 0.300. The molecule has 8 nitrogen and oxygen atoms in total. The SMILES string of the molecule is CC(Oc1ccc(C#N)c(Cl)c1C(=O)N1Cc2cn(-c3cnn(C)c3)nc2C1)C(F)(F)F. The van der Waals surface area contributed by atoms with Crippen LogP contribution in [-0.4, -0.2) is 42.6 Å². The van der Waals surface area contributed by atoms with Crippen LogP contribution in [0.25, 0.3) is 5.69 Å². The summed E-state index contributed by atoms with van der Waals surface area (Å²) in [6.45, 7) is 1.13. The maximum Gasteiger partial charge on any atom is 0.425 e. The smallest absolute Gasteiger partial charge is 0.425 e. The van der Waals surface area contributed by atoms with Crippen molar-refractivity contribution in [2.45, 2.75) is 32.3 Å². The maximum atomic E-state index is 13.2. The minimum atomic E-state index is -4.64. The molecule has 166 valence electrons. The van der Waals surface area contributed by atoms with Gasteiger partial charge in [-0.3, -0.25) is 9.48 Å². The fourth-order valence-corrected chi connectivity index (χ4v) is 3.59. The third-order valence-corrected chi connectivity index (χ3v) is 5.42. The Morgan fingerprint density at radius 1 is 1.31 bits per heavy atom. The Labute approximate surface area is 185 Å². The summed E-state index contributed by atoms with van der Waals surface area (Å²) < 4.78 is 47.3. The van der Waals surface area contributed by atoms with E-state index in [4.69, 9.17) is 16.3 Å². The minimum Gasteiger partial charge on any atom is -0.480 e. The predicted molar refractivity (Wildman–Crippen MR) is 106 cm³/mol. The topological polar surface area (TPSA) is 89.0 Å². The van der Waals surface area contributed by atoms with Gasteiger partial charge in [0, 0.05) is 25.4 Å². The number of carbonyl (C=O) groups is 1. The average molecular weight is 465 g/mol. The number of hydrogen-bond donors (Lipinski definition) is 0. The molecule has 12 heteroatoms. The van der Waals surface area contributed by atoms with E-state index in [1.165, 1.54) is 11.0 Å². The number of halogens is 4. The normalized spacial score (nSPS) is 14.2. The van der Waals surface area contributed by atoms with E-state index >= 15 is 0 Å². The number of rotatable bonds is 4. The summed E-state index contributed by atoms with van der Waals surface area (Å²) in [7, 11) is 1.78. The minimum absolute atomic E-state index is 0.0410. The molecular formula is C20H16ClF3N6O2. The number of ether oxygens (including phenoxy) is 1. The average Bonchev–Trinajstić information content (AvgIpc) is 3.41. The summed E-state index contributed by atoms with van der Waals surface area (Å²) in [4.78, 5) is 14.6. The lowest BCUT2D eigenvalue weighted by molar-refractivity contribution is -0.189. The Hall–Kier alpha value is -3.52. The number of alkyl halides is 3. The van der Waals surface area contributed by atoms with E-state index in [9.17, 15) is 23.2 Å². The van der Waals surface area contributed by atoms with Crippen molar-refractivity contribution < 1.29 is 22.7 Å². The summed E-state index contributed by atoms with van der Waals surface area (Å²) in [6, 6.07) is 4.20. The van der Waals surface area contributed by atoms with E-state index in [1.807, 2.05) is 6.07 Å². The molecule has 1 aliphatic rings. The zero-order valence-electron chi connectivity index (χ0n) is 16.9. The molecule has 3 aromatic rings. The van der Waals surface area contributed by atoms with E-state index in [-0.39, 0.29) is 35.0 Å². The van der Waals surface area contributed by atoms with Crippen molar-refractivity contribution in [3.8, 4) is 17.5 Å². The Bertz CT molecular complexity index is 1220. The first kappa shape index (κ1) is 21.7. The molecule has 0 bridgehead atoms. The molecule has 0 radical (unpaired) electrons. The van der Waals surface area contributed by atoms with Gasteiger partial charge in [0.05, 0.1) is 35.2 Å². The molecule has 1 aromatic carbocycles. The summed E-state index contributed by atoms with van der Waals surface area (Å²) in [6.07, 6.45) is -1.62. The van der Waals surface area contributed by atoms with Crippen LogP contribution in [0, 0.1) is 11.3 Å². The van der Waals surface area contributed by atoms with Gasteiger partial charge in [-0.1, -0.05) is 11.6 Å². The lowest BCUT2D eigenvalue weighted by Crippen LogP contribution is -2.33. The van der Waals surface area contributed by atoms with Gasteiger partial charge in [0.2, 0.25) is 0 Å². The molecule has 1 aliphatic heterocycles. The summed E-state index contributed by atoms with van der Waals surface area (Å²) in [5.41, 5.74) is 1.84. The van der Waals surface area contributed by atoms with E-state index in [2.05, 4.69) is 10.2 Å². The number of nitriles is 1. The number of aromatic nitrogens is 4. The van der Waals surface area contributed by atoms with Crippen LogP contribution in [0.5, 0.6) is 5.75 Å². The van der Waals surface area contributed by atoms with Gasteiger partial charge in [-0.2, -0.15) is 28.6 Å². The molecular weight excluding hydrogens is 449 g/mol. The molecule has 3 heterocycles. The third-order valence-electron chi connectivity index (χ3n) is 5.02. The number of aryl methyl sites for hydroxylation is 1. The molecule has 1 unspecified atom stereocenters. The first-order valence-corrected chi connectivity index (χ1v) is 9.78. The first-order chi connectivity index (χ1) is 15.1. The number of nitrogens with zero attached hydrogens (tertiary/aromatic N) is 6. The highest BCUT2D eigenvalue weighted by atomic mass is 35.5. The van der Waals surface area contributed by atoms with Crippen molar-refractivity contribution in [3.05, 3.63) is 58.1 Å². The van der Waals surface area contributed by atoms with Crippen LogP contribution in [0.3, 0.4) is 0 Å². The Kier molecular flexibility index (Phi) is 5.34. The highest BCUT2D eigenvalue weighted by Gasteiger charge is 2.39. The monoisotopic (exact) mass is 464 g/mol. The van der Waals surface area contributed by atoms with E-state index in [0.717, 1.165) is 24.2 Å². The summed E-state index contributed by atoms with van der Waals surface area (Å²) in [5, 5.41) is 17.5. The molecule has 1 atom stereocenters. The molecule has 0 N–H and O–H groups in total. The van der Waals surface area contributed by atoms with Gasteiger partial charge in [-0.15, -0.1) is 0 Å². The van der Waals surface area contributed by atoms with Crippen molar-refractivity contribution in [2.24, 2.45) is 7.05 Å². The van der Waals surface area contributed by atoms with Crippen LogP contribution in [0.4, 0.5) is 13.2 Å². The molecule has 0 saturated carbocycles. The van der Waals surface area contributed by atoms with Crippen LogP contribution in [0.1, 0.15) is 34.1 Å². The van der Waals surface area contributed by atoms with Crippen molar-refractivity contribution >= 4 is 17.5 Å². The highest BCUT2D eigenvalue weighted by molar-refractivity contribution is 6.35. The van der Waals surface area contributed by atoms with Crippen LogP contribution in [0.15, 0.2) is 30.7 Å². The maximum absolute atomic E-state index is 13.2. The largest absolute Gasteiger partial charge is 0.480 e. The lowest BCUT2D eigenvalue weighted by atomic mass is 10.1. The number of amides is 1. The van der Waals surface area contributed by atoms with E-state index < -0.39 is 18.2 Å². The fourth-order valence-electron chi connectivity index (χ4n) is 3.31. The zero-order chi connectivity index (χ0) is 23.2. The number of hydrogen-bond acceptors (Lipinski definition) is 5. The van der Waals surface area contributed by atoms with Crippen LogP contribution in [-0.2, 0) is 20.1 Å². The molecule has 2 aromatic heterocycles. The van der Waals surface area contributed by atoms with Crippen molar-refractivity contribution in [1.29, 1.82) is 5.26 Å². The second kappa shape index (κ2) is 7.87. The quantitative estimate of drug-likeness (QED) is 0.588. The van der Waals surface area contributed by atoms with Crippen molar-refractivity contribution in [1.82, 2.24) is 24.5 Å². The second-order valence-electron chi connectivity index (χ2n) is 7.29. The van der Waals surface area contributed by atoms with E-state index in [1.54, 1.807) is 35.0 Å². The molecule has 0 fully saturated rings. The summed E-state index contributed by atoms with van der Waals surface area (Å²) >= 11 is 6.22. The predicted octanol–water partition coefficient (Wildman–Crippen LogP) is 3.62. The standard InChI is InChI=1S/C20H16ClF3N6O2/c1-11(20(22,23)24)32-16-4-3-12(5-25)18(21)17(16)19(31)29-7-13-8-30(27-15(13)10-29)14-6-26-28(2)9-14/h3-4,6,8-9,11H,7,10H2,1-2H3. The van der Waals surface area contributed by atoms with Crippen molar-refractivity contribution in [2.75, 3.05) is 0 Å². The third kappa shape index (κ3) is 3.89. The van der Waals surface area contributed by atoms with Crippen LogP contribution in [0.2, 0.25) is 5.02 Å². The molecule has 0 spiro atoms. The van der Waals surface area contributed by atoms with Gasteiger partial charge in [0.25, 0.3) is 5.91 Å². The zero-order valence-corrected chi connectivity index (χ0v) is 17.6.